The Hall–Kier alpha value is -1.65. The Morgan fingerprint density at radius 1 is 1.38 bits per heavy atom. The number of methoxy groups -OCH3 is 1. The lowest BCUT2D eigenvalue weighted by molar-refractivity contribution is -0.145. The summed E-state index contributed by atoms with van der Waals surface area (Å²) in [6, 6.07) is 2.06. The van der Waals surface area contributed by atoms with Crippen molar-refractivity contribution < 1.29 is 33.0 Å². The third-order valence-electron chi connectivity index (χ3n) is 2.41. The van der Waals surface area contributed by atoms with Crippen molar-refractivity contribution >= 4 is 37.9 Å². The SMILES string of the molecule is COc1ccc(S(=O)(=O)NC(CC(=O)O)C(=O)O)cc1Br. The predicted octanol–water partition coefficient (Wildman–Crippen LogP) is 0.664. The van der Waals surface area contributed by atoms with Gasteiger partial charge in [0.2, 0.25) is 10.0 Å². The monoisotopic (exact) mass is 381 g/mol. The molecule has 0 aliphatic rings. The molecule has 1 unspecified atom stereocenters. The van der Waals surface area contributed by atoms with Crippen LogP contribution in [0.2, 0.25) is 0 Å². The largest absolute Gasteiger partial charge is 0.496 e. The van der Waals surface area contributed by atoms with Crippen LogP contribution in [0.25, 0.3) is 0 Å². The Morgan fingerprint density at radius 3 is 2.43 bits per heavy atom. The second kappa shape index (κ2) is 6.87. The Bertz CT molecular complexity index is 659. The fraction of sp³-hybridized carbons (Fsp3) is 0.273. The fourth-order valence-corrected chi connectivity index (χ4v) is 3.33. The van der Waals surface area contributed by atoms with E-state index in [1.165, 1.54) is 25.3 Å². The van der Waals surface area contributed by atoms with Crippen LogP contribution in [-0.4, -0.2) is 43.7 Å². The number of rotatable bonds is 7. The quantitative estimate of drug-likeness (QED) is 0.632. The van der Waals surface area contributed by atoms with Crippen LogP contribution in [0.1, 0.15) is 6.42 Å². The van der Waals surface area contributed by atoms with E-state index in [9.17, 15) is 18.0 Å². The van der Waals surface area contributed by atoms with Crippen LogP contribution in [0.5, 0.6) is 5.75 Å². The van der Waals surface area contributed by atoms with Crippen LogP contribution < -0.4 is 9.46 Å². The summed E-state index contributed by atoms with van der Waals surface area (Å²) in [4.78, 5) is 21.2. The third-order valence-corrected chi connectivity index (χ3v) is 4.50. The molecule has 1 rings (SSSR count). The fourth-order valence-electron chi connectivity index (χ4n) is 1.42. The van der Waals surface area contributed by atoms with Gasteiger partial charge in [-0.15, -0.1) is 0 Å². The lowest BCUT2D eigenvalue weighted by Gasteiger charge is -2.13. The maximum absolute atomic E-state index is 12.1. The van der Waals surface area contributed by atoms with Gasteiger partial charge in [-0.1, -0.05) is 0 Å². The molecular formula is C11H12BrNO7S. The number of carbonyl (C=O) groups is 2. The molecule has 1 aromatic carbocycles. The second-order valence-electron chi connectivity index (χ2n) is 3.91. The highest BCUT2D eigenvalue weighted by atomic mass is 79.9. The maximum Gasteiger partial charge on any atom is 0.322 e. The van der Waals surface area contributed by atoms with Gasteiger partial charge in [0.05, 0.1) is 22.9 Å². The first-order chi connectivity index (χ1) is 9.67. The standard InChI is InChI=1S/C11H12BrNO7S/c1-20-9-3-2-6(4-7(9)12)21(18,19)13-8(11(16)17)5-10(14)15/h2-4,8,13H,5H2,1H3,(H,14,15)(H,16,17). The molecule has 1 atom stereocenters. The van der Waals surface area contributed by atoms with Gasteiger partial charge in [-0.05, 0) is 34.1 Å². The topological polar surface area (TPSA) is 130 Å². The summed E-state index contributed by atoms with van der Waals surface area (Å²) in [5, 5.41) is 17.4. The van der Waals surface area contributed by atoms with Crippen molar-refractivity contribution in [1.82, 2.24) is 4.72 Å². The summed E-state index contributed by atoms with van der Waals surface area (Å²) in [6.45, 7) is 0. The summed E-state index contributed by atoms with van der Waals surface area (Å²) >= 11 is 3.11. The summed E-state index contributed by atoms with van der Waals surface area (Å²) < 4.78 is 31.2. The van der Waals surface area contributed by atoms with Crippen molar-refractivity contribution in [2.24, 2.45) is 0 Å². The smallest absolute Gasteiger partial charge is 0.322 e. The van der Waals surface area contributed by atoms with Gasteiger partial charge in [0.1, 0.15) is 11.8 Å². The number of nitrogens with one attached hydrogen (secondary N) is 1. The molecule has 3 N–H and O–H groups in total. The summed E-state index contributed by atoms with van der Waals surface area (Å²) in [5.41, 5.74) is 0. The normalized spacial score (nSPS) is 12.7. The van der Waals surface area contributed by atoms with Gasteiger partial charge in [0.25, 0.3) is 0 Å². The van der Waals surface area contributed by atoms with Crippen molar-refractivity contribution in [1.29, 1.82) is 0 Å². The number of carboxylic acid groups (broad SMARTS) is 2. The third kappa shape index (κ3) is 4.69. The van der Waals surface area contributed by atoms with Gasteiger partial charge in [-0.2, -0.15) is 4.72 Å². The van der Waals surface area contributed by atoms with Crippen molar-refractivity contribution in [2.75, 3.05) is 7.11 Å². The molecule has 0 spiro atoms. The summed E-state index contributed by atoms with van der Waals surface area (Å²) in [6.07, 6.45) is -0.869. The average molecular weight is 382 g/mol. The summed E-state index contributed by atoms with van der Waals surface area (Å²) in [7, 11) is -2.77. The number of hydrogen-bond donors (Lipinski definition) is 3. The molecule has 0 aromatic heterocycles. The van der Waals surface area contributed by atoms with E-state index < -0.39 is 34.4 Å². The number of benzene rings is 1. The Kier molecular flexibility index (Phi) is 5.70. The van der Waals surface area contributed by atoms with Crippen molar-refractivity contribution in [2.45, 2.75) is 17.4 Å². The molecule has 0 saturated carbocycles. The van der Waals surface area contributed by atoms with Gasteiger partial charge in [-0.25, -0.2) is 8.42 Å². The highest BCUT2D eigenvalue weighted by Crippen LogP contribution is 2.27. The van der Waals surface area contributed by atoms with E-state index in [2.05, 4.69) is 15.9 Å². The van der Waals surface area contributed by atoms with Crippen LogP contribution in [0.3, 0.4) is 0 Å². The molecule has 116 valence electrons. The number of halogens is 1. The second-order valence-corrected chi connectivity index (χ2v) is 6.47. The van der Waals surface area contributed by atoms with E-state index in [0.717, 1.165) is 0 Å². The first kappa shape index (κ1) is 17.4. The molecular weight excluding hydrogens is 370 g/mol. The van der Waals surface area contributed by atoms with Gasteiger partial charge in [0, 0.05) is 0 Å². The number of ether oxygens (including phenoxy) is 1. The first-order valence-corrected chi connectivity index (χ1v) is 7.75. The Morgan fingerprint density at radius 2 is 2.00 bits per heavy atom. The highest BCUT2D eigenvalue weighted by Gasteiger charge is 2.27. The van der Waals surface area contributed by atoms with E-state index in [-0.39, 0.29) is 4.90 Å². The number of sulfonamides is 1. The van der Waals surface area contributed by atoms with Crippen molar-refractivity contribution in [3.63, 3.8) is 0 Å². The summed E-state index contributed by atoms with van der Waals surface area (Å²) in [5.74, 6) is -2.61. The molecule has 0 aliphatic heterocycles. The van der Waals surface area contributed by atoms with E-state index in [1.807, 2.05) is 4.72 Å². The van der Waals surface area contributed by atoms with Gasteiger partial charge < -0.3 is 14.9 Å². The van der Waals surface area contributed by atoms with E-state index in [0.29, 0.717) is 10.2 Å². The van der Waals surface area contributed by atoms with Gasteiger partial charge >= 0.3 is 11.9 Å². The molecule has 0 heterocycles. The number of hydrogen-bond acceptors (Lipinski definition) is 5. The van der Waals surface area contributed by atoms with E-state index >= 15 is 0 Å². The molecule has 1 aromatic rings. The van der Waals surface area contributed by atoms with Crippen LogP contribution in [-0.2, 0) is 19.6 Å². The van der Waals surface area contributed by atoms with Gasteiger partial charge in [0.15, 0.2) is 0 Å². The molecule has 0 amide bonds. The number of carboxylic acids is 2. The molecule has 0 radical (unpaired) electrons. The van der Waals surface area contributed by atoms with Crippen LogP contribution >= 0.6 is 15.9 Å². The van der Waals surface area contributed by atoms with Crippen molar-refractivity contribution in [3.05, 3.63) is 22.7 Å². The molecule has 10 heteroatoms. The zero-order valence-electron chi connectivity index (χ0n) is 10.7. The van der Waals surface area contributed by atoms with Crippen LogP contribution in [0.15, 0.2) is 27.6 Å². The van der Waals surface area contributed by atoms with Crippen LogP contribution in [0.4, 0.5) is 0 Å². The predicted molar refractivity (Wildman–Crippen MR) is 74.7 cm³/mol. The minimum Gasteiger partial charge on any atom is -0.496 e. The Labute approximate surface area is 128 Å². The maximum atomic E-state index is 12.1. The number of aliphatic carboxylic acids is 2. The molecule has 21 heavy (non-hydrogen) atoms. The molecule has 8 nitrogen and oxygen atoms in total. The van der Waals surface area contributed by atoms with Gasteiger partial charge in [-0.3, -0.25) is 9.59 Å². The zero-order valence-corrected chi connectivity index (χ0v) is 13.1. The minimum atomic E-state index is -4.18. The molecule has 0 fully saturated rings. The zero-order chi connectivity index (χ0) is 16.2. The minimum absolute atomic E-state index is 0.216. The lowest BCUT2D eigenvalue weighted by atomic mass is 10.2. The molecule has 0 bridgehead atoms. The first-order valence-electron chi connectivity index (χ1n) is 5.48. The van der Waals surface area contributed by atoms with E-state index in [1.54, 1.807) is 0 Å². The average Bonchev–Trinajstić information content (AvgIpc) is 2.36. The highest BCUT2D eigenvalue weighted by molar-refractivity contribution is 9.10. The van der Waals surface area contributed by atoms with Crippen molar-refractivity contribution in [3.8, 4) is 5.75 Å². The van der Waals surface area contributed by atoms with Crippen LogP contribution in [0, 0.1) is 0 Å². The lowest BCUT2D eigenvalue weighted by Crippen LogP contribution is -2.42. The Balaban J connectivity index is 3.07. The molecule has 0 saturated heterocycles. The van der Waals surface area contributed by atoms with E-state index in [4.69, 9.17) is 14.9 Å². The molecule has 0 aliphatic carbocycles.